The molecule has 3 aromatic heterocycles. The number of thiazole rings is 1. The highest BCUT2D eigenvalue weighted by Gasteiger charge is 2.34. The molecule has 1 aliphatic heterocycles. The van der Waals surface area contributed by atoms with Gasteiger partial charge >= 0.3 is 6.18 Å². The molecule has 0 saturated carbocycles. The van der Waals surface area contributed by atoms with Crippen LogP contribution < -0.4 is 10.1 Å². The van der Waals surface area contributed by atoms with Gasteiger partial charge in [-0.2, -0.15) is 13.2 Å². The second kappa shape index (κ2) is 9.27. The zero-order chi connectivity index (χ0) is 25.6. The zero-order valence-corrected chi connectivity index (χ0v) is 20.5. The van der Waals surface area contributed by atoms with E-state index in [9.17, 15) is 13.2 Å². The molecule has 2 aromatic carbocycles. The van der Waals surface area contributed by atoms with Crippen molar-refractivity contribution in [1.82, 2.24) is 29.8 Å². The fourth-order valence-electron chi connectivity index (χ4n) is 4.37. The molecule has 190 valence electrons. The Balaban J connectivity index is 1.31. The summed E-state index contributed by atoms with van der Waals surface area (Å²) >= 11 is 1.54. The van der Waals surface area contributed by atoms with Gasteiger partial charge in [-0.1, -0.05) is 0 Å². The van der Waals surface area contributed by atoms with Crippen molar-refractivity contribution in [2.45, 2.75) is 25.1 Å². The number of alkyl halides is 3. The van der Waals surface area contributed by atoms with Crippen LogP contribution in [0.4, 0.5) is 24.8 Å². The van der Waals surface area contributed by atoms with E-state index in [4.69, 9.17) is 4.74 Å². The van der Waals surface area contributed by atoms with E-state index in [1.807, 2.05) is 17.5 Å². The molecular weight excluding hydrogens is 503 g/mol. The standard InChI is InChI=1S/C25H22F3N7OS/c1-35-7-4-16(5-8-35)36-21-12-19-14(10-17(21)22-29-6-9-37-22)13-30-24(34-19)31-15-2-3-18-20(11-15)33-23(32-18)25(26,27)28/h2-3,6,9-13,16H,4-5,7-8H2,1H3,(H,32,33)(H,30,31,34). The van der Waals surface area contributed by atoms with Gasteiger partial charge in [-0.3, -0.25) is 0 Å². The van der Waals surface area contributed by atoms with Crippen LogP contribution in [0.15, 0.2) is 48.1 Å². The summed E-state index contributed by atoms with van der Waals surface area (Å²) in [6.45, 7) is 1.96. The number of aromatic amines is 1. The van der Waals surface area contributed by atoms with Crippen molar-refractivity contribution in [3.63, 3.8) is 0 Å². The van der Waals surface area contributed by atoms with Gasteiger partial charge in [0.25, 0.3) is 0 Å². The lowest BCUT2D eigenvalue weighted by atomic mass is 10.1. The van der Waals surface area contributed by atoms with Crippen LogP contribution in [-0.4, -0.2) is 56.1 Å². The first-order valence-corrected chi connectivity index (χ1v) is 12.6. The lowest BCUT2D eigenvalue weighted by molar-refractivity contribution is -0.144. The number of nitrogens with one attached hydrogen (secondary N) is 2. The number of nitrogens with zero attached hydrogens (tertiary/aromatic N) is 5. The minimum Gasteiger partial charge on any atom is -0.490 e. The number of ether oxygens (including phenoxy) is 1. The number of fused-ring (bicyclic) bond motifs is 2. The largest absolute Gasteiger partial charge is 0.490 e. The van der Waals surface area contributed by atoms with E-state index in [2.05, 4.69) is 42.2 Å². The molecule has 0 atom stereocenters. The Morgan fingerprint density at radius 1 is 1.08 bits per heavy atom. The number of hydrogen-bond acceptors (Lipinski definition) is 8. The highest BCUT2D eigenvalue weighted by molar-refractivity contribution is 7.13. The Bertz CT molecular complexity index is 1560. The lowest BCUT2D eigenvalue weighted by Crippen LogP contribution is -2.35. The minimum atomic E-state index is -4.54. The number of H-pyrrole nitrogens is 1. The van der Waals surface area contributed by atoms with Gasteiger partial charge in [0.15, 0.2) is 0 Å². The van der Waals surface area contributed by atoms with Crippen LogP contribution in [0.5, 0.6) is 5.75 Å². The van der Waals surface area contributed by atoms with Crippen LogP contribution in [0.2, 0.25) is 0 Å². The molecule has 12 heteroatoms. The molecule has 2 N–H and O–H groups in total. The first kappa shape index (κ1) is 23.6. The Kier molecular flexibility index (Phi) is 5.92. The molecule has 0 aliphatic carbocycles. The summed E-state index contributed by atoms with van der Waals surface area (Å²) < 4.78 is 45.4. The van der Waals surface area contributed by atoms with Gasteiger partial charge in [-0.05, 0) is 44.2 Å². The number of hydrogen-bond donors (Lipinski definition) is 2. The van der Waals surface area contributed by atoms with E-state index < -0.39 is 12.0 Å². The molecule has 6 rings (SSSR count). The van der Waals surface area contributed by atoms with Gasteiger partial charge in [-0.15, -0.1) is 11.3 Å². The number of piperidine rings is 1. The fraction of sp³-hybridized carbons (Fsp3) is 0.280. The summed E-state index contributed by atoms with van der Waals surface area (Å²) in [7, 11) is 2.11. The fourth-order valence-corrected chi connectivity index (χ4v) is 5.03. The van der Waals surface area contributed by atoms with Crippen LogP contribution in [0.1, 0.15) is 18.7 Å². The summed E-state index contributed by atoms with van der Waals surface area (Å²) in [6.07, 6.45) is 0.912. The van der Waals surface area contributed by atoms with Gasteiger partial charge in [0.1, 0.15) is 16.9 Å². The van der Waals surface area contributed by atoms with E-state index in [-0.39, 0.29) is 17.1 Å². The summed E-state index contributed by atoms with van der Waals surface area (Å²) in [6, 6.07) is 8.59. The van der Waals surface area contributed by atoms with E-state index >= 15 is 0 Å². The van der Waals surface area contributed by atoms with Crippen LogP contribution in [-0.2, 0) is 6.18 Å². The van der Waals surface area contributed by atoms with Gasteiger partial charge in [-0.25, -0.2) is 19.9 Å². The molecule has 1 saturated heterocycles. The van der Waals surface area contributed by atoms with Crippen LogP contribution >= 0.6 is 11.3 Å². The van der Waals surface area contributed by atoms with Gasteiger partial charge in [0.2, 0.25) is 11.8 Å². The Morgan fingerprint density at radius 3 is 2.68 bits per heavy atom. The molecule has 0 spiro atoms. The molecular formula is C25H22F3N7OS. The number of likely N-dealkylation sites (tertiary alicyclic amines) is 1. The maximum atomic E-state index is 13.0. The monoisotopic (exact) mass is 525 g/mol. The van der Waals surface area contributed by atoms with Gasteiger partial charge < -0.3 is 19.9 Å². The number of aromatic nitrogens is 5. The maximum Gasteiger partial charge on any atom is 0.449 e. The smallest absolute Gasteiger partial charge is 0.449 e. The molecule has 0 radical (unpaired) electrons. The van der Waals surface area contributed by atoms with E-state index in [0.29, 0.717) is 17.2 Å². The maximum absolute atomic E-state index is 13.0. The van der Waals surface area contributed by atoms with Crippen molar-refractivity contribution in [2.24, 2.45) is 0 Å². The van der Waals surface area contributed by atoms with E-state index in [1.54, 1.807) is 24.5 Å². The molecule has 1 aliphatic rings. The first-order chi connectivity index (χ1) is 17.8. The molecule has 0 unspecified atom stereocenters. The molecule has 8 nitrogen and oxygen atoms in total. The third-order valence-corrected chi connectivity index (χ3v) is 7.12. The summed E-state index contributed by atoms with van der Waals surface area (Å²) in [4.78, 5) is 21.7. The molecule has 1 fully saturated rings. The summed E-state index contributed by atoms with van der Waals surface area (Å²) in [5, 5.41) is 6.69. The average molecular weight is 526 g/mol. The Hall–Kier alpha value is -3.77. The quantitative estimate of drug-likeness (QED) is 0.297. The van der Waals surface area contributed by atoms with Crippen molar-refractivity contribution in [3.05, 3.63) is 53.9 Å². The Morgan fingerprint density at radius 2 is 1.92 bits per heavy atom. The van der Waals surface area contributed by atoms with E-state index in [1.165, 1.54) is 17.4 Å². The topological polar surface area (TPSA) is 91.8 Å². The van der Waals surface area contributed by atoms with Gasteiger partial charge in [0, 0.05) is 48.0 Å². The van der Waals surface area contributed by atoms with E-state index in [0.717, 1.165) is 47.6 Å². The minimum absolute atomic E-state index is 0.106. The predicted octanol–water partition coefficient (Wildman–Crippen LogP) is 5.87. The summed E-state index contributed by atoms with van der Waals surface area (Å²) in [5.74, 6) is 0.00430. The highest BCUT2D eigenvalue weighted by atomic mass is 32.1. The first-order valence-electron chi connectivity index (χ1n) is 11.7. The van der Waals surface area contributed by atoms with Crippen molar-refractivity contribution in [1.29, 1.82) is 0 Å². The molecule has 5 aromatic rings. The highest BCUT2D eigenvalue weighted by Crippen LogP contribution is 2.37. The average Bonchev–Trinajstić information content (AvgIpc) is 3.55. The third-order valence-electron chi connectivity index (χ3n) is 6.31. The molecule has 0 amide bonds. The van der Waals surface area contributed by atoms with Crippen molar-refractivity contribution in [2.75, 3.05) is 25.5 Å². The van der Waals surface area contributed by atoms with Crippen LogP contribution in [0.25, 0.3) is 32.5 Å². The second-order valence-electron chi connectivity index (χ2n) is 9.00. The summed E-state index contributed by atoms with van der Waals surface area (Å²) in [5.41, 5.74) is 2.60. The second-order valence-corrected chi connectivity index (χ2v) is 9.89. The lowest BCUT2D eigenvalue weighted by Gasteiger charge is -2.29. The number of rotatable bonds is 5. The molecule has 37 heavy (non-hydrogen) atoms. The van der Waals surface area contributed by atoms with Gasteiger partial charge in [0.05, 0.1) is 22.1 Å². The van der Waals surface area contributed by atoms with Crippen LogP contribution in [0, 0.1) is 0 Å². The van der Waals surface area contributed by atoms with Crippen molar-refractivity contribution in [3.8, 4) is 16.3 Å². The van der Waals surface area contributed by atoms with Crippen molar-refractivity contribution < 1.29 is 17.9 Å². The number of halogens is 3. The predicted molar refractivity (Wildman–Crippen MR) is 136 cm³/mol. The Labute approximate surface area is 213 Å². The SMILES string of the molecule is CN1CCC(Oc2cc3nc(Nc4ccc5nc(C(F)(F)F)[nH]c5c4)ncc3cc2-c2nccs2)CC1. The van der Waals surface area contributed by atoms with Crippen LogP contribution in [0.3, 0.4) is 0 Å². The zero-order valence-electron chi connectivity index (χ0n) is 19.7. The number of anilines is 2. The normalized spacial score (nSPS) is 15.5. The van der Waals surface area contributed by atoms with Crippen molar-refractivity contribution >= 4 is 44.9 Å². The number of imidazole rings is 1. The number of benzene rings is 2. The molecule has 4 heterocycles. The third kappa shape index (κ3) is 4.94. The molecule has 0 bridgehead atoms.